The number of allylic oxidation sites excluding steroid dienone is 1. The van der Waals surface area contributed by atoms with Crippen LogP contribution in [0.4, 0.5) is 15.9 Å². The monoisotopic (exact) mass is 384 g/mol. The summed E-state index contributed by atoms with van der Waals surface area (Å²) in [6, 6.07) is 6.60. The average molecular weight is 385 g/mol. The maximum absolute atomic E-state index is 13.4. The number of nitrogens with one attached hydrogen (secondary N) is 1. The van der Waals surface area contributed by atoms with Crippen molar-refractivity contribution < 1.29 is 4.48 Å². The molecule has 2 heterocycles. The summed E-state index contributed by atoms with van der Waals surface area (Å²) >= 11 is 0. The summed E-state index contributed by atoms with van der Waals surface area (Å²) in [6.45, 7) is 13.1. The van der Waals surface area contributed by atoms with E-state index in [2.05, 4.69) is 46.5 Å². The molecule has 1 aliphatic carbocycles. The number of benzene rings is 1. The Balaban J connectivity index is 1.59. The lowest BCUT2D eigenvalue weighted by Gasteiger charge is -2.35. The minimum absolute atomic E-state index is 0.443. The highest BCUT2D eigenvalue weighted by molar-refractivity contribution is 5.78. The molecule has 5 heteroatoms. The van der Waals surface area contributed by atoms with Crippen molar-refractivity contribution in [3.8, 4) is 0 Å². The van der Waals surface area contributed by atoms with Crippen molar-refractivity contribution in [3.63, 3.8) is 0 Å². The second kappa shape index (κ2) is 8.56. The Hall–Kier alpha value is -2.01. The zero-order chi connectivity index (χ0) is 19.5. The minimum Gasteiger partial charge on any atom is -0.371 e. The lowest BCUT2D eigenvalue weighted by molar-refractivity contribution is -0.00848. The molecule has 1 saturated carbocycles. The number of piperazine rings is 1. The van der Waals surface area contributed by atoms with Crippen LogP contribution in [-0.4, -0.2) is 49.3 Å². The largest absolute Gasteiger partial charge is 0.371 e. The molecule has 3 fully saturated rings. The van der Waals surface area contributed by atoms with Crippen LogP contribution < -0.4 is 10.2 Å². The standard InChI is InChI=1S/C23H33FN4/c1-18(20-7-8-20)25-21-9-10-22(19(2)26-13-15-28(24)16-14-26)23(17-21)27-11-5-3-4-6-12-27/h9-10,17,20,25H,1-8,11-16H2. The molecular formula is C23H33FN4. The highest BCUT2D eigenvalue weighted by atomic mass is 19.2. The van der Waals surface area contributed by atoms with Crippen molar-refractivity contribution in [1.29, 1.82) is 0 Å². The normalized spacial score (nSPS) is 21.3. The van der Waals surface area contributed by atoms with Gasteiger partial charge in [0.1, 0.15) is 0 Å². The topological polar surface area (TPSA) is 21.8 Å². The summed E-state index contributed by atoms with van der Waals surface area (Å²) in [4.78, 5) is 4.74. The van der Waals surface area contributed by atoms with E-state index in [4.69, 9.17) is 0 Å². The van der Waals surface area contributed by atoms with Crippen molar-refractivity contribution in [1.82, 2.24) is 10.0 Å². The molecular weight excluding hydrogens is 351 g/mol. The van der Waals surface area contributed by atoms with Crippen molar-refractivity contribution in [2.45, 2.75) is 38.5 Å². The second-order valence-electron chi connectivity index (χ2n) is 8.40. The molecule has 2 saturated heterocycles. The maximum atomic E-state index is 13.4. The predicted octanol–water partition coefficient (Wildman–Crippen LogP) is 4.88. The highest BCUT2D eigenvalue weighted by Crippen LogP contribution is 2.38. The molecule has 4 nitrogen and oxygen atoms in total. The summed E-state index contributed by atoms with van der Waals surface area (Å²) in [5.41, 5.74) is 5.69. The van der Waals surface area contributed by atoms with Crippen LogP contribution in [0, 0.1) is 5.92 Å². The number of halogens is 1. The van der Waals surface area contributed by atoms with Crippen LogP contribution in [0.2, 0.25) is 0 Å². The first-order chi connectivity index (χ1) is 13.6. The first-order valence-corrected chi connectivity index (χ1v) is 10.8. The molecule has 3 aliphatic rings. The quantitative estimate of drug-likeness (QED) is 0.706. The Morgan fingerprint density at radius 3 is 2.25 bits per heavy atom. The van der Waals surface area contributed by atoms with Gasteiger partial charge in [-0.25, -0.2) is 0 Å². The van der Waals surface area contributed by atoms with Crippen molar-refractivity contribution in [2.75, 3.05) is 49.5 Å². The number of hydrogen-bond donors (Lipinski definition) is 1. The summed E-state index contributed by atoms with van der Waals surface area (Å²) in [5, 5.41) is 4.43. The molecule has 0 aromatic heterocycles. The van der Waals surface area contributed by atoms with E-state index >= 15 is 0 Å². The van der Waals surface area contributed by atoms with Crippen LogP contribution >= 0.6 is 0 Å². The number of anilines is 2. The third-order valence-electron chi connectivity index (χ3n) is 6.24. The Bertz CT molecular complexity index is 711. The number of hydrogen-bond acceptors (Lipinski definition) is 4. The Labute approximate surface area is 168 Å². The summed E-state index contributed by atoms with van der Waals surface area (Å²) in [7, 11) is 0. The molecule has 4 rings (SSSR count). The van der Waals surface area contributed by atoms with Gasteiger partial charge in [0.05, 0.1) is 0 Å². The maximum Gasteiger partial charge on any atom is 0.0481 e. The van der Waals surface area contributed by atoms with Gasteiger partial charge >= 0.3 is 0 Å². The SMILES string of the molecule is C=C(Nc1ccc(C(=C)N2CCN(F)CC2)c(N2CCCCCC2)c1)C1CC1. The Morgan fingerprint density at radius 2 is 1.61 bits per heavy atom. The molecule has 0 spiro atoms. The van der Waals surface area contributed by atoms with Gasteiger partial charge in [0, 0.05) is 67.6 Å². The molecule has 0 bridgehead atoms. The molecule has 1 N–H and O–H groups in total. The first kappa shape index (κ1) is 19.3. The molecule has 1 aromatic carbocycles. The van der Waals surface area contributed by atoms with Gasteiger partial charge < -0.3 is 15.1 Å². The van der Waals surface area contributed by atoms with E-state index in [0.717, 1.165) is 35.3 Å². The van der Waals surface area contributed by atoms with Gasteiger partial charge in [0.15, 0.2) is 0 Å². The van der Waals surface area contributed by atoms with Crippen LogP contribution in [0.1, 0.15) is 44.1 Å². The third-order valence-corrected chi connectivity index (χ3v) is 6.24. The molecule has 1 aromatic rings. The van der Waals surface area contributed by atoms with E-state index in [1.54, 1.807) is 0 Å². The van der Waals surface area contributed by atoms with Crippen LogP contribution in [0.5, 0.6) is 0 Å². The lowest BCUT2D eigenvalue weighted by Crippen LogP contribution is -2.41. The molecule has 152 valence electrons. The van der Waals surface area contributed by atoms with Crippen LogP contribution in [0.25, 0.3) is 5.70 Å². The molecule has 2 aliphatic heterocycles. The molecule has 0 amide bonds. The van der Waals surface area contributed by atoms with E-state index in [1.807, 2.05) is 0 Å². The van der Waals surface area contributed by atoms with Gasteiger partial charge in [0.25, 0.3) is 0 Å². The highest BCUT2D eigenvalue weighted by Gasteiger charge is 2.26. The third kappa shape index (κ3) is 4.52. The van der Waals surface area contributed by atoms with Crippen LogP contribution in [-0.2, 0) is 0 Å². The van der Waals surface area contributed by atoms with E-state index in [1.165, 1.54) is 49.8 Å². The van der Waals surface area contributed by atoms with Crippen molar-refractivity contribution in [3.05, 3.63) is 42.6 Å². The van der Waals surface area contributed by atoms with Gasteiger partial charge in [-0.15, -0.1) is 9.60 Å². The molecule has 0 unspecified atom stereocenters. The van der Waals surface area contributed by atoms with Gasteiger partial charge in [-0.2, -0.15) is 0 Å². The zero-order valence-corrected chi connectivity index (χ0v) is 16.9. The van der Waals surface area contributed by atoms with E-state index in [9.17, 15) is 4.48 Å². The summed E-state index contributed by atoms with van der Waals surface area (Å²) in [5.74, 6) is 0.633. The lowest BCUT2D eigenvalue weighted by atomic mass is 10.1. The fourth-order valence-corrected chi connectivity index (χ4v) is 4.27. The van der Waals surface area contributed by atoms with Crippen LogP contribution in [0.3, 0.4) is 0 Å². The number of rotatable bonds is 6. The van der Waals surface area contributed by atoms with Crippen LogP contribution in [0.15, 0.2) is 37.1 Å². The van der Waals surface area contributed by atoms with Gasteiger partial charge in [-0.3, -0.25) is 0 Å². The number of nitrogens with zero attached hydrogens (tertiary/aromatic N) is 3. The summed E-state index contributed by atoms with van der Waals surface area (Å²) < 4.78 is 13.4. The van der Waals surface area contributed by atoms with Crippen molar-refractivity contribution >= 4 is 17.1 Å². The average Bonchev–Trinajstić information content (AvgIpc) is 3.55. The van der Waals surface area contributed by atoms with E-state index in [0.29, 0.717) is 32.1 Å². The fourth-order valence-electron chi connectivity index (χ4n) is 4.27. The van der Waals surface area contributed by atoms with Crippen molar-refractivity contribution in [2.24, 2.45) is 5.92 Å². The van der Waals surface area contributed by atoms with Gasteiger partial charge in [-0.1, -0.05) is 26.0 Å². The predicted molar refractivity (Wildman–Crippen MR) is 116 cm³/mol. The Kier molecular flexibility index (Phi) is 5.90. The smallest absolute Gasteiger partial charge is 0.0481 e. The molecule has 0 radical (unpaired) electrons. The van der Waals surface area contributed by atoms with E-state index in [-0.39, 0.29) is 0 Å². The first-order valence-electron chi connectivity index (χ1n) is 10.8. The van der Waals surface area contributed by atoms with Gasteiger partial charge in [-0.05, 0) is 49.8 Å². The second-order valence-corrected chi connectivity index (χ2v) is 8.40. The Morgan fingerprint density at radius 1 is 0.929 bits per heavy atom. The minimum atomic E-state index is 0.443. The zero-order valence-electron chi connectivity index (χ0n) is 16.9. The molecule has 0 atom stereocenters. The van der Waals surface area contributed by atoms with Gasteiger partial charge in [0.2, 0.25) is 0 Å². The molecule has 28 heavy (non-hydrogen) atoms. The summed E-state index contributed by atoms with van der Waals surface area (Å²) in [6.07, 6.45) is 7.58. The van der Waals surface area contributed by atoms with E-state index < -0.39 is 0 Å². The fraction of sp³-hybridized carbons (Fsp3) is 0.565.